The summed E-state index contributed by atoms with van der Waals surface area (Å²) in [7, 11) is 0. The molecule has 0 saturated carbocycles. The molecule has 0 rings (SSSR count). The zero-order valence-corrected chi connectivity index (χ0v) is 6.45. The predicted octanol–water partition coefficient (Wildman–Crippen LogP) is -3.13. The van der Waals surface area contributed by atoms with Crippen LogP contribution in [-0.2, 0) is 20.4 Å². The maximum Gasteiger partial charge on any atom is 2.00 e. The molecule has 0 aromatic rings. The van der Waals surface area contributed by atoms with Gasteiger partial charge in [-0.2, -0.15) is 0 Å². The minimum absolute atomic E-state index is 0. The van der Waals surface area contributed by atoms with Gasteiger partial charge in [0.05, 0.1) is 0 Å². The first-order valence-corrected chi connectivity index (χ1v) is 0. The minimum Gasteiger partial charge on any atom is -1.00 e. The van der Waals surface area contributed by atoms with Crippen molar-refractivity contribution in [2.24, 2.45) is 0 Å². The molecule has 0 atom stereocenters. The topological polar surface area (TPSA) is 134 Å². The fourth-order valence-corrected chi connectivity index (χ4v) is 0. The molecule has 0 bridgehead atoms. The van der Waals surface area contributed by atoms with Crippen molar-refractivity contribution in [1.29, 1.82) is 0 Å². The van der Waals surface area contributed by atoms with Crippen molar-refractivity contribution in [3.8, 4) is 0 Å². The van der Waals surface area contributed by atoms with E-state index in [-0.39, 0.29) is 69.8 Å². The van der Waals surface area contributed by atoms with E-state index in [4.69, 9.17) is 0 Å². The van der Waals surface area contributed by atoms with Crippen molar-refractivity contribution < 1.29 is 45.2 Å². The van der Waals surface area contributed by atoms with Gasteiger partial charge in [-0.15, -0.1) is 0 Å². The average Bonchev–Trinajstić information content (AvgIpc) is 0. The molecular weight excluding hydrogens is 233 g/mol. The van der Waals surface area contributed by atoms with Crippen LogP contribution in [-0.4, -0.2) is 0 Å². The van der Waals surface area contributed by atoms with Gasteiger partial charge in [0.1, 0.15) is 0 Å². The van der Waals surface area contributed by atoms with Gasteiger partial charge in [0.25, 0.3) is 0 Å². The van der Waals surface area contributed by atoms with E-state index in [1.807, 2.05) is 0 Å². The van der Waals surface area contributed by atoms with E-state index in [2.05, 4.69) is 0 Å². The van der Waals surface area contributed by atoms with E-state index in [1.54, 1.807) is 0 Å². The zero-order valence-electron chi connectivity index (χ0n) is 3.38. The van der Waals surface area contributed by atoms with Crippen LogP contribution in [0, 0.1) is 0 Å². The molecule has 7 heavy (non-hydrogen) atoms. The quantitative estimate of drug-likeness (QED) is 0.397. The Hall–Kier alpha value is 1.08. The minimum atomic E-state index is 0. The number of rotatable bonds is 0. The third-order valence-corrected chi connectivity index (χ3v) is 0. The van der Waals surface area contributed by atoms with E-state index in [1.165, 1.54) is 0 Å². The molecule has 0 aliphatic carbocycles. The van der Waals surface area contributed by atoms with Crippen LogP contribution in [0.4, 0.5) is 0 Å². The molecule has 0 spiro atoms. The summed E-state index contributed by atoms with van der Waals surface area (Å²) in [5.74, 6) is 0. The average molecular weight is 241 g/mol. The van der Waals surface area contributed by atoms with Gasteiger partial charge in [0.15, 0.2) is 0 Å². The molecule has 0 aliphatic heterocycles. The van der Waals surface area contributed by atoms with Gasteiger partial charge >= 0.3 is 20.4 Å². The second-order valence-electron chi connectivity index (χ2n) is 0. The molecule has 0 unspecified atom stereocenters. The number of hydrogen-bond donors (Lipinski definition) is 0. The Bertz CT molecular complexity index is 9.65. The predicted molar refractivity (Wildman–Crippen MR) is 21.1 cm³/mol. The van der Waals surface area contributed by atoms with E-state index < -0.39 is 0 Å². The molecule has 0 saturated heterocycles. The fourth-order valence-electron chi connectivity index (χ4n) is 0. The second kappa shape index (κ2) is 224. The normalized spacial score (nSPS) is 0. The summed E-state index contributed by atoms with van der Waals surface area (Å²) < 4.78 is 0. The van der Waals surface area contributed by atoms with Crippen molar-refractivity contribution in [3.63, 3.8) is 0 Å². The van der Waals surface area contributed by atoms with Crippen LogP contribution in [0.25, 0.3) is 24.6 Å². The standard InChI is InChI=1S/2ClH.4H2N.Pd/h2*1H;4*1H2;/q;;4*-1;+2/p-2. The first-order chi connectivity index (χ1) is 0. The molecule has 0 aromatic heterocycles. The van der Waals surface area contributed by atoms with Crippen molar-refractivity contribution >= 4 is 0 Å². The Morgan fingerprint density at radius 3 is 0.429 bits per heavy atom. The van der Waals surface area contributed by atoms with Crippen molar-refractivity contribution in [3.05, 3.63) is 24.6 Å². The summed E-state index contributed by atoms with van der Waals surface area (Å²) in [5.41, 5.74) is 0. The van der Waals surface area contributed by atoms with Crippen molar-refractivity contribution in [2.45, 2.75) is 0 Å². The SMILES string of the molecule is [Cl-].[Cl-].[NH2-].[NH2-].[NH2-].[NH2-].[Pd+2]. The van der Waals surface area contributed by atoms with Gasteiger partial charge in [-0.3, -0.25) is 0 Å². The third-order valence-electron chi connectivity index (χ3n) is 0. The number of hydrogen-bond acceptors (Lipinski definition) is 0. The molecular formula is H8Cl2N4Pd-4. The third kappa shape index (κ3) is 156. The Kier molecular flexibility index (Phi) is 11100. The van der Waals surface area contributed by atoms with Crippen LogP contribution in [0.15, 0.2) is 0 Å². The van der Waals surface area contributed by atoms with Crippen LogP contribution < -0.4 is 24.8 Å². The summed E-state index contributed by atoms with van der Waals surface area (Å²) >= 11 is 0. The molecule has 7 heteroatoms. The Morgan fingerprint density at radius 1 is 0.429 bits per heavy atom. The molecule has 0 aliphatic rings. The smallest absolute Gasteiger partial charge is 1.00 e. The molecule has 0 radical (unpaired) electrons. The molecule has 0 fully saturated rings. The van der Waals surface area contributed by atoms with Gasteiger partial charge in [-0.1, -0.05) is 0 Å². The van der Waals surface area contributed by atoms with Crippen LogP contribution in [0.1, 0.15) is 0 Å². The van der Waals surface area contributed by atoms with Crippen LogP contribution in [0.2, 0.25) is 0 Å². The Labute approximate surface area is 70.0 Å². The molecule has 0 heterocycles. The van der Waals surface area contributed by atoms with Gasteiger partial charge in [-0.05, 0) is 0 Å². The fraction of sp³-hybridized carbons (Fsp3) is 0. The zero-order chi connectivity index (χ0) is 0. The van der Waals surface area contributed by atoms with Crippen molar-refractivity contribution in [1.82, 2.24) is 0 Å². The summed E-state index contributed by atoms with van der Waals surface area (Å²) in [6.07, 6.45) is 0. The van der Waals surface area contributed by atoms with E-state index in [0.29, 0.717) is 0 Å². The van der Waals surface area contributed by atoms with E-state index >= 15 is 0 Å². The summed E-state index contributed by atoms with van der Waals surface area (Å²) in [6, 6.07) is 0. The Morgan fingerprint density at radius 2 is 0.429 bits per heavy atom. The molecule has 8 N–H and O–H groups in total. The maximum atomic E-state index is 0. The van der Waals surface area contributed by atoms with Crippen molar-refractivity contribution in [2.75, 3.05) is 0 Å². The van der Waals surface area contributed by atoms with Gasteiger partial charge < -0.3 is 49.4 Å². The maximum absolute atomic E-state index is 0. The molecule has 4 nitrogen and oxygen atoms in total. The number of nitrogens with two attached hydrogens (primary N) is 4. The molecule has 0 amide bonds. The summed E-state index contributed by atoms with van der Waals surface area (Å²) in [5, 5.41) is 0. The van der Waals surface area contributed by atoms with Gasteiger partial charge in [-0.25, -0.2) is 0 Å². The van der Waals surface area contributed by atoms with E-state index in [9.17, 15) is 0 Å². The Balaban J connectivity index is 0. The number of halogens is 2. The van der Waals surface area contributed by atoms with Crippen LogP contribution >= 0.6 is 0 Å². The largest absolute Gasteiger partial charge is 2.00 e. The first-order valence-electron chi connectivity index (χ1n) is 0. The monoisotopic (exact) mass is 240 g/mol. The van der Waals surface area contributed by atoms with E-state index in [0.717, 1.165) is 0 Å². The van der Waals surface area contributed by atoms with Crippen LogP contribution in [0.5, 0.6) is 0 Å². The summed E-state index contributed by atoms with van der Waals surface area (Å²) in [6.45, 7) is 0. The second-order valence-corrected chi connectivity index (χ2v) is 0. The first kappa shape index (κ1) is 346. The molecule has 0 aromatic carbocycles. The summed E-state index contributed by atoms with van der Waals surface area (Å²) in [4.78, 5) is 0. The molecule has 56 valence electrons. The van der Waals surface area contributed by atoms with Crippen LogP contribution in [0.3, 0.4) is 0 Å². The van der Waals surface area contributed by atoms with Gasteiger partial charge in [0.2, 0.25) is 0 Å². The van der Waals surface area contributed by atoms with Gasteiger partial charge in [0, 0.05) is 0 Å².